The maximum atomic E-state index is 5.79. The lowest BCUT2D eigenvalue weighted by Crippen LogP contribution is -2.12. The van der Waals surface area contributed by atoms with E-state index in [-0.39, 0.29) is 0 Å². The highest BCUT2D eigenvalue weighted by molar-refractivity contribution is 5.39. The molecule has 0 aromatic heterocycles. The van der Waals surface area contributed by atoms with Crippen LogP contribution < -0.4 is 4.74 Å². The van der Waals surface area contributed by atoms with Crippen LogP contribution in [0.1, 0.15) is 82.8 Å². The van der Waals surface area contributed by atoms with E-state index >= 15 is 0 Å². The first-order valence-electron chi connectivity index (χ1n) is 9.70. The van der Waals surface area contributed by atoms with E-state index in [1.54, 1.807) is 0 Å². The Labute approximate surface area is 143 Å². The largest absolute Gasteiger partial charge is 0.494 e. The smallest absolute Gasteiger partial charge is 0.122 e. The van der Waals surface area contributed by atoms with Gasteiger partial charge in [-0.3, -0.25) is 0 Å². The second-order valence-electron chi connectivity index (χ2n) is 6.88. The van der Waals surface area contributed by atoms with Gasteiger partial charge in [0.15, 0.2) is 0 Å². The summed E-state index contributed by atoms with van der Waals surface area (Å²) < 4.78 is 5.79. The first kappa shape index (κ1) is 18.1. The van der Waals surface area contributed by atoms with Crippen LogP contribution in [-0.2, 0) is 6.42 Å². The van der Waals surface area contributed by atoms with E-state index in [2.05, 4.69) is 51.1 Å². The number of allylic oxidation sites excluding steroid dienone is 2. The Morgan fingerprint density at radius 3 is 2.48 bits per heavy atom. The van der Waals surface area contributed by atoms with Gasteiger partial charge in [-0.05, 0) is 74.5 Å². The normalized spacial score (nSPS) is 21.7. The van der Waals surface area contributed by atoms with Crippen LogP contribution in [0.25, 0.3) is 0 Å². The van der Waals surface area contributed by atoms with Gasteiger partial charge in [0.25, 0.3) is 0 Å². The number of benzene rings is 1. The quantitative estimate of drug-likeness (QED) is 0.487. The summed E-state index contributed by atoms with van der Waals surface area (Å²) in [5.74, 6) is 2.65. The molecule has 1 heteroatoms. The van der Waals surface area contributed by atoms with Crippen molar-refractivity contribution in [3.05, 3.63) is 41.5 Å². The SMILES string of the molecule is CCCC=C[C@H]1CC[C@H](c2ccc(OCC)c(CCC)c2)CC1. The number of aryl methyl sites for hydroxylation is 1. The van der Waals surface area contributed by atoms with Crippen molar-refractivity contribution in [2.75, 3.05) is 6.61 Å². The molecule has 1 aromatic rings. The predicted molar refractivity (Wildman–Crippen MR) is 100 cm³/mol. The Kier molecular flexibility index (Phi) is 7.71. The molecule has 1 saturated carbocycles. The standard InChI is InChI=1S/C22H34O/c1-4-7-8-10-18-11-13-19(14-12-18)20-15-16-22(23-6-3)21(17-20)9-5-2/h8,10,15-19H,4-7,9,11-14H2,1-3H3/t18-,19-. The Bertz CT molecular complexity index is 481. The van der Waals surface area contributed by atoms with Gasteiger partial charge in [0.05, 0.1) is 6.61 Å². The molecule has 1 nitrogen and oxygen atoms in total. The molecule has 0 bridgehead atoms. The lowest BCUT2D eigenvalue weighted by atomic mass is 9.78. The summed E-state index contributed by atoms with van der Waals surface area (Å²) in [6.45, 7) is 7.32. The van der Waals surface area contributed by atoms with Crippen LogP contribution >= 0.6 is 0 Å². The number of rotatable bonds is 8. The summed E-state index contributed by atoms with van der Waals surface area (Å²) in [5, 5.41) is 0. The van der Waals surface area contributed by atoms with E-state index in [9.17, 15) is 0 Å². The van der Waals surface area contributed by atoms with Gasteiger partial charge in [-0.2, -0.15) is 0 Å². The van der Waals surface area contributed by atoms with Crippen molar-refractivity contribution in [1.82, 2.24) is 0 Å². The van der Waals surface area contributed by atoms with Gasteiger partial charge in [0, 0.05) is 0 Å². The lowest BCUT2D eigenvalue weighted by molar-refractivity contribution is 0.335. The maximum absolute atomic E-state index is 5.79. The molecule has 0 heterocycles. The Balaban J connectivity index is 1.98. The van der Waals surface area contributed by atoms with E-state index in [4.69, 9.17) is 4.74 Å². The van der Waals surface area contributed by atoms with E-state index < -0.39 is 0 Å². The second kappa shape index (κ2) is 9.80. The molecule has 0 unspecified atom stereocenters. The van der Waals surface area contributed by atoms with Crippen molar-refractivity contribution >= 4 is 0 Å². The van der Waals surface area contributed by atoms with E-state index in [0.717, 1.165) is 30.6 Å². The maximum Gasteiger partial charge on any atom is 0.122 e. The Morgan fingerprint density at radius 1 is 1.04 bits per heavy atom. The van der Waals surface area contributed by atoms with E-state index in [1.165, 1.54) is 56.1 Å². The van der Waals surface area contributed by atoms with Crippen molar-refractivity contribution in [2.24, 2.45) is 5.92 Å². The number of hydrogen-bond donors (Lipinski definition) is 0. The van der Waals surface area contributed by atoms with Crippen LogP contribution in [0.2, 0.25) is 0 Å². The summed E-state index contributed by atoms with van der Waals surface area (Å²) in [6, 6.07) is 6.94. The van der Waals surface area contributed by atoms with Gasteiger partial charge in [-0.25, -0.2) is 0 Å². The molecule has 1 aliphatic rings. The van der Waals surface area contributed by atoms with Crippen molar-refractivity contribution in [1.29, 1.82) is 0 Å². The molecular formula is C22H34O. The summed E-state index contributed by atoms with van der Waals surface area (Å²) in [5.41, 5.74) is 2.93. The third kappa shape index (κ3) is 5.41. The zero-order chi connectivity index (χ0) is 16.5. The minimum atomic E-state index is 0.747. The molecule has 1 fully saturated rings. The third-order valence-corrected chi connectivity index (χ3v) is 5.01. The van der Waals surface area contributed by atoms with E-state index in [1.807, 2.05) is 0 Å². The summed E-state index contributed by atoms with van der Waals surface area (Å²) in [4.78, 5) is 0. The molecule has 0 amide bonds. The van der Waals surface area contributed by atoms with Crippen LogP contribution in [0.4, 0.5) is 0 Å². The fourth-order valence-electron chi connectivity index (χ4n) is 3.71. The second-order valence-corrected chi connectivity index (χ2v) is 6.88. The van der Waals surface area contributed by atoms with Crippen molar-refractivity contribution < 1.29 is 4.74 Å². The fraction of sp³-hybridized carbons (Fsp3) is 0.636. The number of ether oxygens (including phenoxy) is 1. The van der Waals surface area contributed by atoms with Gasteiger partial charge in [0.2, 0.25) is 0 Å². The highest BCUT2D eigenvalue weighted by Gasteiger charge is 2.21. The molecule has 0 saturated heterocycles. The molecule has 0 spiro atoms. The van der Waals surface area contributed by atoms with Crippen LogP contribution in [0.15, 0.2) is 30.4 Å². The molecule has 0 aliphatic heterocycles. The molecular weight excluding hydrogens is 280 g/mol. The van der Waals surface area contributed by atoms with Crippen molar-refractivity contribution in [2.45, 2.75) is 78.1 Å². The molecule has 0 atom stereocenters. The fourth-order valence-corrected chi connectivity index (χ4v) is 3.71. The number of unbranched alkanes of at least 4 members (excludes halogenated alkanes) is 1. The summed E-state index contributed by atoms with van der Waals surface area (Å²) in [7, 11) is 0. The van der Waals surface area contributed by atoms with Gasteiger partial charge in [0.1, 0.15) is 5.75 Å². The summed E-state index contributed by atoms with van der Waals surface area (Å²) in [6.07, 6.45) is 15.0. The van der Waals surface area contributed by atoms with Crippen molar-refractivity contribution in [3.8, 4) is 5.75 Å². The minimum absolute atomic E-state index is 0.747. The highest BCUT2D eigenvalue weighted by Crippen LogP contribution is 2.38. The summed E-state index contributed by atoms with van der Waals surface area (Å²) >= 11 is 0. The van der Waals surface area contributed by atoms with Crippen LogP contribution in [-0.4, -0.2) is 6.61 Å². The Hall–Kier alpha value is -1.24. The monoisotopic (exact) mass is 314 g/mol. The molecule has 1 aliphatic carbocycles. The zero-order valence-electron chi connectivity index (χ0n) is 15.3. The topological polar surface area (TPSA) is 9.23 Å². The van der Waals surface area contributed by atoms with Crippen LogP contribution in [0.3, 0.4) is 0 Å². The molecule has 1 aromatic carbocycles. The van der Waals surface area contributed by atoms with Crippen LogP contribution in [0.5, 0.6) is 5.75 Å². The third-order valence-electron chi connectivity index (χ3n) is 5.01. The van der Waals surface area contributed by atoms with Gasteiger partial charge >= 0.3 is 0 Å². The first-order chi connectivity index (χ1) is 11.3. The molecule has 0 N–H and O–H groups in total. The zero-order valence-corrected chi connectivity index (χ0v) is 15.3. The molecule has 2 rings (SSSR count). The molecule has 128 valence electrons. The van der Waals surface area contributed by atoms with Gasteiger partial charge < -0.3 is 4.74 Å². The number of hydrogen-bond acceptors (Lipinski definition) is 1. The average Bonchev–Trinajstić information content (AvgIpc) is 2.58. The van der Waals surface area contributed by atoms with E-state index in [0.29, 0.717) is 0 Å². The molecule has 23 heavy (non-hydrogen) atoms. The lowest BCUT2D eigenvalue weighted by Gasteiger charge is -2.27. The minimum Gasteiger partial charge on any atom is -0.494 e. The Morgan fingerprint density at radius 2 is 1.83 bits per heavy atom. The first-order valence-corrected chi connectivity index (χ1v) is 9.70. The average molecular weight is 315 g/mol. The highest BCUT2D eigenvalue weighted by atomic mass is 16.5. The van der Waals surface area contributed by atoms with Crippen LogP contribution in [0, 0.1) is 5.92 Å². The van der Waals surface area contributed by atoms with Gasteiger partial charge in [-0.15, -0.1) is 0 Å². The van der Waals surface area contributed by atoms with Crippen molar-refractivity contribution in [3.63, 3.8) is 0 Å². The predicted octanol–water partition coefficient (Wildman–Crippen LogP) is 6.67. The van der Waals surface area contributed by atoms with Gasteiger partial charge in [-0.1, -0.05) is 51.0 Å². The molecule has 0 radical (unpaired) electrons.